The number of H-pyrrole nitrogens is 2. The number of rotatable bonds is 7. The number of hydrogen-bond acceptors (Lipinski definition) is 7. The van der Waals surface area contributed by atoms with Gasteiger partial charge in [-0.1, -0.05) is 43.0 Å². The maximum absolute atomic E-state index is 13.1. The highest BCUT2D eigenvalue weighted by atomic mass is 32.2. The number of aromatic hydroxyl groups is 1. The summed E-state index contributed by atoms with van der Waals surface area (Å²) in [6.45, 7) is 1.99. The Bertz CT molecular complexity index is 1430. The normalized spacial score (nSPS) is 17.1. The zero-order valence-electron chi connectivity index (χ0n) is 19.0. The Hall–Kier alpha value is -4.19. The summed E-state index contributed by atoms with van der Waals surface area (Å²) < 4.78 is 13.1. The third-order valence-electron chi connectivity index (χ3n) is 5.46. The van der Waals surface area contributed by atoms with Gasteiger partial charge in [-0.3, -0.25) is 24.4 Å². The summed E-state index contributed by atoms with van der Waals surface area (Å²) in [6.07, 6.45) is 0.616. The molecule has 0 saturated carbocycles. The Morgan fingerprint density at radius 1 is 1.11 bits per heavy atom. The van der Waals surface area contributed by atoms with E-state index < -0.39 is 46.1 Å². The van der Waals surface area contributed by atoms with Crippen molar-refractivity contribution in [3.05, 3.63) is 91.9 Å². The van der Waals surface area contributed by atoms with Gasteiger partial charge in [-0.25, -0.2) is 14.2 Å². The van der Waals surface area contributed by atoms with Crippen LogP contribution in [0.1, 0.15) is 36.1 Å². The SMILES string of the molecule is CCc1ccc([C@H](N=C2NC(=O)[C@@H](CC(=O)Nc3ccc(F)cc3)S2)c2c(O)[nH]c(=O)[nH]c2=O)cc1. The predicted octanol–water partition coefficient (Wildman–Crippen LogP) is 2.18. The van der Waals surface area contributed by atoms with Crippen molar-refractivity contribution in [2.24, 2.45) is 4.99 Å². The van der Waals surface area contributed by atoms with Gasteiger partial charge in [0.2, 0.25) is 17.7 Å². The van der Waals surface area contributed by atoms with Gasteiger partial charge < -0.3 is 15.7 Å². The molecule has 0 bridgehead atoms. The number of nitrogens with one attached hydrogen (secondary N) is 4. The second-order valence-corrected chi connectivity index (χ2v) is 9.15. The summed E-state index contributed by atoms with van der Waals surface area (Å²) >= 11 is 1.00. The molecule has 2 heterocycles. The number of carbonyl (C=O) groups is 2. The lowest BCUT2D eigenvalue weighted by Gasteiger charge is -2.15. The Morgan fingerprint density at radius 2 is 1.81 bits per heavy atom. The van der Waals surface area contributed by atoms with E-state index in [9.17, 15) is 28.7 Å². The molecule has 1 aliphatic rings. The highest BCUT2D eigenvalue weighted by molar-refractivity contribution is 8.15. The van der Waals surface area contributed by atoms with Gasteiger partial charge in [0, 0.05) is 12.1 Å². The first-order valence-electron chi connectivity index (χ1n) is 11.0. The maximum atomic E-state index is 13.1. The van der Waals surface area contributed by atoms with Crippen molar-refractivity contribution in [1.29, 1.82) is 0 Å². The Morgan fingerprint density at radius 3 is 2.44 bits per heavy atom. The largest absolute Gasteiger partial charge is 0.494 e. The molecule has 4 rings (SSSR count). The molecule has 1 aromatic heterocycles. The minimum atomic E-state index is -1.05. The van der Waals surface area contributed by atoms with Crippen molar-refractivity contribution in [1.82, 2.24) is 15.3 Å². The van der Waals surface area contributed by atoms with E-state index in [2.05, 4.69) is 25.6 Å². The second kappa shape index (κ2) is 10.6. The highest BCUT2D eigenvalue weighted by Crippen LogP contribution is 2.32. The molecule has 10 nitrogen and oxygen atoms in total. The van der Waals surface area contributed by atoms with Crippen molar-refractivity contribution in [2.45, 2.75) is 31.1 Å². The fourth-order valence-electron chi connectivity index (χ4n) is 3.61. The minimum absolute atomic E-state index is 0.147. The van der Waals surface area contributed by atoms with Crippen molar-refractivity contribution < 1.29 is 19.1 Å². The quantitative estimate of drug-likeness (QED) is 0.327. The first-order chi connectivity index (χ1) is 17.2. The monoisotopic (exact) mass is 511 g/mol. The zero-order valence-corrected chi connectivity index (χ0v) is 19.8. The van der Waals surface area contributed by atoms with E-state index in [0.717, 1.165) is 23.7 Å². The number of aliphatic imine (C=N–C) groups is 1. The van der Waals surface area contributed by atoms with Crippen LogP contribution >= 0.6 is 11.8 Å². The molecule has 2 amide bonds. The van der Waals surface area contributed by atoms with Gasteiger partial charge >= 0.3 is 5.69 Å². The van der Waals surface area contributed by atoms with Gasteiger partial charge in [0.25, 0.3) is 5.56 Å². The van der Waals surface area contributed by atoms with Crippen LogP contribution < -0.4 is 21.9 Å². The van der Waals surface area contributed by atoms with Crippen molar-refractivity contribution in [3.63, 3.8) is 0 Å². The van der Waals surface area contributed by atoms with E-state index in [1.54, 1.807) is 12.1 Å². The van der Waals surface area contributed by atoms with Gasteiger partial charge in [-0.05, 0) is 41.8 Å². The molecule has 2 aromatic carbocycles. The molecule has 36 heavy (non-hydrogen) atoms. The number of amidine groups is 1. The maximum Gasteiger partial charge on any atom is 0.328 e. The number of thioether (sulfide) groups is 1. The van der Waals surface area contributed by atoms with E-state index in [1.165, 1.54) is 24.3 Å². The predicted molar refractivity (Wildman–Crippen MR) is 134 cm³/mol. The number of nitrogens with zero attached hydrogens (tertiary/aromatic N) is 1. The van der Waals surface area contributed by atoms with Gasteiger partial charge in [0.15, 0.2) is 5.17 Å². The number of hydrogen-bond donors (Lipinski definition) is 5. The molecule has 0 aliphatic carbocycles. The summed E-state index contributed by atoms with van der Waals surface area (Å²) in [5, 5.41) is 14.9. The van der Waals surface area contributed by atoms with Crippen LogP contribution in [0.15, 0.2) is 63.1 Å². The topological polar surface area (TPSA) is 157 Å². The number of aromatic amines is 2. The molecule has 5 N–H and O–H groups in total. The lowest BCUT2D eigenvalue weighted by molar-refractivity contribution is -0.122. The molecule has 0 unspecified atom stereocenters. The molecule has 3 aromatic rings. The lowest BCUT2D eigenvalue weighted by atomic mass is 9.99. The van der Waals surface area contributed by atoms with Gasteiger partial charge in [-0.15, -0.1) is 0 Å². The fraction of sp³-hybridized carbons (Fsp3) is 0.208. The molecule has 2 atom stereocenters. The third-order valence-corrected chi connectivity index (χ3v) is 6.55. The van der Waals surface area contributed by atoms with Crippen LogP contribution in [0.4, 0.5) is 10.1 Å². The second-order valence-electron chi connectivity index (χ2n) is 7.96. The molecule has 186 valence electrons. The lowest BCUT2D eigenvalue weighted by Crippen LogP contribution is -2.29. The summed E-state index contributed by atoms with van der Waals surface area (Å²) in [5.41, 5.74) is 0.0839. The third kappa shape index (κ3) is 5.71. The van der Waals surface area contributed by atoms with E-state index in [4.69, 9.17) is 0 Å². The van der Waals surface area contributed by atoms with Crippen LogP contribution in [-0.4, -0.2) is 37.3 Å². The van der Waals surface area contributed by atoms with Gasteiger partial charge in [0.1, 0.15) is 22.7 Å². The smallest absolute Gasteiger partial charge is 0.328 e. The molecule has 1 aliphatic heterocycles. The number of carbonyl (C=O) groups excluding carboxylic acids is 2. The number of benzene rings is 2. The average Bonchev–Trinajstić information content (AvgIpc) is 3.17. The summed E-state index contributed by atoms with van der Waals surface area (Å²) in [5.74, 6) is -1.97. The Labute approximate surface area is 208 Å². The first kappa shape index (κ1) is 24.9. The Kier molecular flexibility index (Phi) is 7.34. The molecule has 1 saturated heterocycles. The summed E-state index contributed by atoms with van der Waals surface area (Å²) in [6, 6.07) is 11.4. The van der Waals surface area contributed by atoms with Crippen molar-refractivity contribution in [2.75, 3.05) is 5.32 Å². The first-order valence-corrected chi connectivity index (χ1v) is 11.9. The molecule has 0 radical (unpaired) electrons. The number of aromatic nitrogens is 2. The summed E-state index contributed by atoms with van der Waals surface area (Å²) in [7, 11) is 0. The van der Waals surface area contributed by atoms with Crippen LogP contribution in [-0.2, 0) is 16.0 Å². The molecule has 0 spiro atoms. The minimum Gasteiger partial charge on any atom is -0.494 e. The standard InChI is InChI=1S/C24H22FN5O5S/c1-2-12-3-5-13(6-4-12)19(18-21(33)28-23(35)29-22(18)34)27-24-30-20(32)16(36-24)11-17(31)26-15-9-7-14(25)8-10-15/h3-10,16,19H,2,11H2,1H3,(H,26,31)(H,27,30,32)(H3,28,29,33,34,35)/t16-,19+/m1/s1. The number of aryl methyl sites for hydroxylation is 1. The molecule has 12 heteroatoms. The van der Waals surface area contributed by atoms with E-state index in [-0.39, 0.29) is 17.2 Å². The highest BCUT2D eigenvalue weighted by Gasteiger charge is 2.33. The van der Waals surface area contributed by atoms with E-state index in [1.807, 2.05) is 19.1 Å². The molecular weight excluding hydrogens is 489 g/mol. The molecular formula is C24H22FN5O5S. The fourth-order valence-corrected chi connectivity index (χ4v) is 4.61. The van der Waals surface area contributed by atoms with Gasteiger partial charge in [-0.2, -0.15) is 0 Å². The molecule has 1 fully saturated rings. The number of anilines is 1. The van der Waals surface area contributed by atoms with Crippen LogP contribution in [0.2, 0.25) is 0 Å². The van der Waals surface area contributed by atoms with Gasteiger partial charge in [0.05, 0.1) is 0 Å². The van der Waals surface area contributed by atoms with Crippen LogP contribution in [0, 0.1) is 5.82 Å². The zero-order chi connectivity index (χ0) is 25.8. The summed E-state index contributed by atoms with van der Waals surface area (Å²) in [4.78, 5) is 57.8. The van der Waals surface area contributed by atoms with Crippen LogP contribution in [0.3, 0.4) is 0 Å². The van der Waals surface area contributed by atoms with Crippen LogP contribution in [0.25, 0.3) is 0 Å². The van der Waals surface area contributed by atoms with E-state index in [0.29, 0.717) is 11.3 Å². The number of halogens is 1. The average molecular weight is 512 g/mol. The van der Waals surface area contributed by atoms with E-state index >= 15 is 0 Å². The van der Waals surface area contributed by atoms with Crippen molar-refractivity contribution >= 4 is 34.4 Å². The van der Waals surface area contributed by atoms with Crippen LogP contribution in [0.5, 0.6) is 5.88 Å². The Balaban J connectivity index is 1.59. The van der Waals surface area contributed by atoms with Crippen molar-refractivity contribution in [3.8, 4) is 5.88 Å². The number of amides is 2.